The summed E-state index contributed by atoms with van der Waals surface area (Å²) in [4.78, 5) is 17.2. The van der Waals surface area contributed by atoms with Gasteiger partial charge < -0.3 is 5.32 Å². The van der Waals surface area contributed by atoms with E-state index in [0.29, 0.717) is 5.69 Å². The highest BCUT2D eigenvalue weighted by molar-refractivity contribution is 6.04. The second kappa shape index (κ2) is 5.30. The molecule has 2 aromatic heterocycles. The van der Waals surface area contributed by atoms with E-state index in [4.69, 9.17) is 0 Å². The molecule has 3 rings (SSSR count). The van der Waals surface area contributed by atoms with Crippen LogP contribution in [-0.2, 0) is 0 Å². The number of rotatable bonds is 2. The lowest BCUT2D eigenvalue weighted by Gasteiger charge is -2.08. The van der Waals surface area contributed by atoms with Crippen LogP contribution in [0.3, 0.4) is 0 Å². The van der Waals surface area contributed by atoms with Crippen LogP contribution in [0.4, 0.5) is 5.69 Å². The zero-order valence-corrected chi connectivity index (χ0v) is 13.3. The molecule has 0 aliphatic carbocycles. The van der Waals surface area contributed by atoms with Gasteiger partial charge in [-0.1, -0.05) is 12.1 Å². The first-order valence-corrected chi connectivity index (χ1v) is 7.29. The van der Waals surface area contributed by atoms with Crippen molar-refractivity contribution in [3.63, 3.8) is 0 Å². The highest BCUT2D eigenvalue weighted by Gasteiger charge is 2.17. The lowest BCUT2D eigenvalue weighted by Crippen LogP contribution is -2.15. The van der Waals surface area contributed by atoms with Gasteiger partial charge in [0.15, 0.2) is 0 Å². The Morgan fingerprint density at radius 2 is 1.77 bits per heavy atom. The number of aromatic nitrogens is 2. The number of pyridine rings is 1. The molecule has 1 amide bonds. The van der Waals surface area contributed by atoms with Gasteiger partial charge in [0, 0.05) is 11.9 Å². The van der Waals surface area contributed by atoms with E-state index in [1.807, 2.05) is 62.6 Å². The van der Waals surface area contributed by atoms with E-state index in [1.54, 1.807) is 0 Å². The number of imidazole rings is 1. The van der Waals surface area contributed by atoms with Crippen LogP contribution < -0.4 is 5.32 Å². The van der Waals surface area contributed by atoms with Crippen molar-refractivity contribution >= 4 is 17.2 Å². The normalized spacial score (nSPS) is 10.9. The molecule has 0 aliphatic heterocycles. The maximum atomic E-state index is 12.7. The number of carbonyl (C=O) groups excluding carboxylic acids is 1. The van der Waals surface area contributed by atoms with Crippen molar-refractivity contribution in [2.24, 2.45) is 0 Å². The van der Waals surface area contributed by atoms with Crippen molar-refractivity contribution < 1.29 is 4.79 Å². The Morgan fingerprint density at radius 3 is 2.45 bits per heavy atom. The van der Waals surface area contributed by atoms with Crippen molar-refractivity contribution in [3.8, 4) is 0 Å². The number of amides is 1. The van der Waals surface area contributed by atoms with Gasteiger partial charge in [0.25, 0.3) is 5.91 Å². The van der Waals surface area contributed by atoms with E-state index in [2.05, 4.69) is 16.4 Å². The molecule has 0 spiro atoms. The van der Waals surface area contributed by atoms with E-state index in [1.165, 1.54) is 0 Å². The fraction of sp³-hybridized carbons (Fsp3) is 0.222. The summed E-state index contributed by atoms with van der Waals surface area (Å²) in [6.07, 6.45) is 1.87. The summed E-state index contributed by atoms with van der Waals surface area (Å²) < 4.78 is 1.85. The molecule has 0 aliphatic rings. The third kappa shape index (κ3) is 2.48. The molecule has 4 heteroatoms. The highest BCUT2D eigenvalue weighted by atomic mass is 16.2. The third-order valence-electron chi connectivity index (χ3n) is 3.71. The average Bonchev–Trinajstić information content (AvgIpc) is 2.75. The molecular formula is C18H19N3O. The first-order valence-electron chi connectivity index (χ1n) is 7.29. The summed E-state index contributed by atoms with van der Waals surface area (Å²) in [5.41, 5.74) is 6.25. The Balaban J connectivity index is 2.02. The van der Waals surface area contributed by atoms with Gasteiger partial charge in [-0.15, -0.1) is 0 Å². The Morgan fingerprint density at radius 1 is 1.09 bits per heavy atom. The number of carbonyl (C=O) groups is 1. The summed E-state index contributed by atoms with van der Waals surface area (Å²) in [6.45, 7) is 7.90. The van der Waals surface area contributed by atoms with E-state index in [-0.39, 0.29) is 5.91 Å². The first kappa shape index (κ1) is 14.3. The number of nitrogens with one attached hydrogen (secondary N) is 1. The molecule has 4 nitrogen and oxygen atoms in total. The zero-order valence-electron chi connectivity index (χ0n) is 13.3. The molecule has 3 aromatic rings. The second-order valence-corrected chi connectivity index (χ2v) is 5.76. The monoisotopic (exact) mass is 293 g/mol. The Bertz CT molecular complexity index is 857. The molecule has 0 atom stereocenters. The number of benzene rings is 1. The lowest BCUT2D eigenvalue weighted by atomic mass is 10.1. The number of aryl methyl sites for hydroxylation is 4. The van der Waals surface area contributed by atoms with Crippen molar-refractivity contribution in [2.45, 2.75) is 27.7 Å². The molecule has 1 N–H and O–H groups in total. The van der Waals surface area contributed by atoms with Crippen LogP contribution in [0.2, 0.25) is 0 Å². The summed E-state index contributed by atoms with van der Waals surface area (Å²) in [5, 5.41) is 2.98. The summed E-state index contributed by atoms with van der Waals surface area (Å²) >= 11 is 0. The van der Waals surface area contributed by atoms with E-state index < -0.39 is 0 Å². The fourth-order valence-corrected chi connectivity index (χ4v) is 2.83. The standard InChI is InChI=1S/C18H19N3O/c1-11-8-12(2)10-15(9-11)20-18(22)16-14(4)19-17-13(3)6-5-7-21(16)17/h5-10H,1-4H3,(H,20,22). The number of anilines is 1. The largest absolute Gasteiger partial charge is 0.321 e. The highest BCUT2D eigenvalue weighted by Crippen LogP contribution is 2.18. The number of hydrogen-bond acceptors (Lipinski definition) is 2. The summed E-state index contributed by atoms with van der Waals surface area (Å²) in [5.74, 6) is -0.138. The summed E-state index contributed by atoms with van der Waals surface area (Å²) in [6, 6.07) is 9.94. The van der Waals surface area contributed by atoms with E-state index in [0.717, 1.165) is 33.7 Å². The van der Waals surface area contributed by atoms with Gasteiger partial charge in [0.2, 0.25) is 0 Å². The third-order valence-corrected chi connectivity index (χ3v) is 3.71. The molecule has 0 saturated carbocycles. The van der Waals surface area contributed by atoms with Crippen molar-refractivity contribution in [2.75, 3.05) is 5.32 Å². The van der Waals surface area contributed by atoms with Crippen LogP contribution in [0, 0.1) is 27.7 Å². The minimum Gasteiger partial charge on any atom is -0.321 e. The minimum absolute atomic E-state index is 0.138. The average molecular weight is 293 g/mol. The van der Waals surface area contributed by atoms with Gasteiger partial charge in [-0.05, 0) is 62.6 Å². The molecule has 0 saturated heterocycles. The number of fused-ring (bicyclic) bond motifs is 1. The SMILES string of the molecule is Cc1cc(C)cc(NC(=O)c2c(C)nc3c(C)cccn23)c1. The van der Waals surface area contributed by atoms with Crippen LogP contribution in [0.1, 0.15) is 32.9 Å². The van der Waals surface area contributed by atoms with Gasteiger partial charge in [-0.3, -0.25) is 9.20 Å². The first-order chi connectivity index (χ1) is 10.5. The molecule has 0 bridgehead atoms. The Labute approximate surface area is 129 Å². The molecule has 1 aromatic carbocycles. The molecule has 2 heterocycles. The topological polar surface area (TPSA) is 46.4 Å². The van der Waals surface area contributed by atoms with Crippen molar-refractivity contribution in [1.29, 1.82) is 0 Å². The molecular weight excluding hydrogens is 274 g/mol. The lowest BCUT2D eigenvalue weighted by molar-refractivity contribution is 0.102. The zero-order chi connectivity index (χ0) is 15.9. The van der Waals surface area contributed by atoms with E-state index >= 15 is 0 Å². The van der Waals surface area contributed by atoms with Gasteiger partial charge in [-0.25, -0.2) is 4.98 Å². The van der Waals surface area contributed by atoms with Crippen molar-refractivity contribution in [1.82, 2.24) is 9.38 Å². The van der Waals surface area contributed by atoms with Gasteiger partial charge in [0.1, 0.15) is 11.3 Å². The summed E-state index contributed by atoms with van der Waals surface area (Å²) in [7, 11) is 0. The Kier molecular flexibility index (Phi) is 3.45. The van der Waals surface area contributed by atoms with Crippen molar-refractivity contribution in [3.05, 3.63) is 64.6 Å². The Hall–Kier alpha value is -2.62. The predicted molar refractivity (Wildman–Crippen MR) is 88.5 cm³/mol. The number of nitrogens with zero attached hydrogens (tertiary/aromatic N) is 2. The molecule has 0 unspecified atom stereocenters. The quantitative estimate of drug-likeness (QED) is 0.780. The smallest absolute Gasteiger partial charge is 0.274 e. The van der Waals surface area contributed by atoms with Gasteiger partial charge >= 0.3 is 0 Å². The molecule has 0 fully saturated rings. The second-order valence-electron chi connectivity index (χ2n) is 5.76. The van der Waals surface area contributed by atoms with E-state index in [9.17, 15) is 4.79 Å². The van der Waals surface area contributed by atoms with Crippen LogP contribution in [0.25, 0.3) is 5.65 Å². The fourth-order valence-electron chi connectivity index (χ4n) is 2.83. The predicted octanol–water partition coefficient (Wildman–Crippen LogP) is 3.82. The maximum absolute atomic E-state index is 12.7. The van der Waals surface area contributed by atoms with Gasteiger partial charge in [-0.2, -0.15) is 0 Å². The number of hydrogen-bond donors (Lipinski definition) is 1. The van der Waals surface area contributed by atoms with Crippen LogP contribution >= 0.6 is 0 Å². The van der Waals surface area contributed by atoms with Crippen LogP contribution in [-0.4, -0.2) is 15.3 Å². The van der Waals surface area contributed by atoms with Gasteiger partial charge in [0.05, 0.1) is 5.69 Å². The van der Waals surface area contributed by atoms with Crippen LogP contribution in [0.5, 0.6) is 0 Å². The molecule has 22 heavy (non-hydrogen) atoms. The maximum Gasteiger partial charge on any atom is 0.274 e. The molecule has 112 valence electrons. The molecule has 0 radical (unpaired) electrons. The minimum atomic E-state index is -0.138. The van der Waals surface area contributed by atoms with Crippen LogP contribution in [0.15, 0.2) is 36.5 Å².